The monoisotopic (exact) mass is 467 g/mol. The van der Waals surface area contributed by atoms with E-state index in [4.69, 9.17) is 0 Å². The molecule has 0 aromatic carbocycles. The van der Waals surface area contributed by atoms with Gasteiger partial charge >= 0.3 is 0 Å². The molecule has 0 saturated heterocycles. The molecular formula is C27H53N3O3. The van der Waals surface area contributed by atoms with Crippen molar-refractivity contribution in [3.63, 3.8) is 0 Å². The van der Waals surface area contributed by atoms with Gasteiger partial charge in [-0.1, -0.05) is 27.7 Å². The predicted molar refractivity (Wildman–Crippen MR) is 139 cm³/mol. The molecule has 0 N–H and O–H groups in total. The summed E-state index contributed by atoms with van der Waals surface area (Å²) in [5.74, 6) is -0.193. The van der Waals surface area contributed by atoms with Crippen LogP contribution in [0.1, 0.15) is 91.9 Å². The first-order valence-corrected chi connectivity index (χ1v) is 13.5. The van der Waals surface area contributed by atoms with Crippen LogP contribution in [-0.4, -0.2) is 92.0 Å². The van der Waals surface area contributed by atoms with Gasteiger partial charge in [-0.25, -0.2) is 0 Å². The molecule has 33 heavy (non-hydrogen) atoms. The molecule has 0 radical (unpaired) electrons. The molecule has 0 spiro atoms. The van der Waals surface area contributed by atoms with Gasteiger partial charge in [-0.15, -0.1) is 0 Å². The standard InChI is InChI=1S/C27H53N3O3/c1-7-19-30(20-8-2)22-14-15-24(23-31)26(32)18-13-16-25(28(5)6)27(33)17-11-12-21-29(9-3)10-4/h23-25H,7-22H2,1-6H3. The van der Waals surface area contributed by atoms with Crippen molar-refractivity contribution < 1.29 is 14.4 Å². The Labute approximate surface area is 204 Å². The number of carbonyl (C=O) groups excluding carboxylic acids is 3. The molecule has 6 nitrogen and oxygen atoms in total. The third-order valence-electron chi connectivity index (χ3n) is 6.58. The van der Waals surface area contributed by atoms with Crippen molar-refractivity contribution in [3.8, 4) is 0 Å². The normalized spacial score (nSPS) is 13.6. The lowest BCUT2D eigenvalue weighted by atomic mass is 9.93. The molecule has 2 atom stereocenters. The third-order valence-corrected chi connectivity index (χ3v) is 6.58. The van der Waals surface area contributed by atoms with Gasteiger partial charge in [-0.3, -0.25) is 14.5 Å². The van der Waals surface area contributed by atoms with E-state index in [0.717, 1.165) is 77.7 Å². The maximum absolute atomic E-state index is 12.7. The van der Waals surface area contributed by atoms with Crippen LogP contribution in [0.2, 0.25) is 0 Å². The Balaban J connectivity index is 4.40. The molecule has 2 unspecified atom stereocenters. The molecule has 6 heteroatoms. The molecule has 0 aromatic rings. The van der Waals surface area contributed by atoms with Crippen LogP contribution in [0, 0.1) is 5.92 Å². The van der Waals surface area contributed by atoms with Gasteiger partial charge in [0.1, 0.15) is 17.9 Å². The highest BCUT2D eigenvalue weighted by Crippen LogP contribution is 2.15. The number of aldehydes is 1. The number of ketones is 2. The number of carbonyl (C=O) groups is 3. The molecule has 0 rings (SSSR count). The molecule has 0 aliphatic heterocycles. The maximum atomic E-state index is 12.7. The predicted octanol–water partition coefficient (Wildman–Crippen LogP) is 4.45. The van der Waals surface area contributed by atoms with Gasteiger partial charge in [0.25, 0.3) is 0 Å². The molecular weight excluding hydrogens is 414 g/mol. The SMILES string of the molecule is CCCN(CCC)CCCC(C=O)C(=O)CCCC(C(=O)CCCCN(CC)CC)N(C)C. The van der Waals surface area contributed by atoms with E-state index >= 15 is 0 Å². The van der Waals surface area contributed by atoms with Crippen LogP contribution in [0.4, 0.5) is 0 Å². The Bertz CT molecular complexity index is 515. The van der Waals surface area contributed by atoms with E-state index in [-0.39, 0.29) is 17.6 Å². The Kier molecular flexibility index (Phi) is 19.6. The number of unbranched alkanes of at least 4 members (excludes halogenated alkanes) is 1. The molecule has 0 saturated carbocycles. The van der Waals surface area contributed by atoms with Crippen LogP contribution in [-0.2, 0) is 14.4 Å². The fourth-order valence-corrected chi connectivity index (χ4v) is 4.51. The lowest BCUT2D eigenvalue weighted by molar-refractivity contribution is -0.128. The van der Waals surface area contributed by atoms with Crippen LogP contribution in [0.3, 0.4) is 0 Å². The van der Waals surface area contributed by atoms with Crippen LogP contribution in [0.15, 0.2) is 0 Å². The van der Waals surface area contributed by atoms with E-state index in [1.54, 1.807) is 0 Å². The van der Waals surface area contributed by atoms with Gasteiger partial charge in [-0.05, 0) is 105 Å². The maximum Gasteiger partial charge on any atom is 0.149 e. The summed E-state index contributed by atoms with van der Waals surface area (Å²) >= 11 is 0. The Morgan fingerprint density at radius 2 is 1.27 bits per heavy atom. The summed E-state index contributed by atoms with van der Waals surface area (Å²) in [4.78, 5) is 43.7. The molecule has 0 aliphatic rings. The lowest BCUT2D eigenvalue weighted by Gasteiger charge is -2.24. The average molecular weight is 468 g/mol. The number of hydrogen-bond acceptors (Lipinski definition) is 6. The van der Waals surface area contributed by atoms with Crippen molar-refractivity contribution in [2.75, 3.05) is 53.4 Å². The second-order valence-electron chi connectivity index (χ2n) is 9.51. The molecule has 0 aliphatic carbocycles. The van der Waals surface area contributed by atoms with Crippen LogP contribution >= 0.6 is 0 Å². The highest BCUT2D eigenvalue weighted by atomic mass is 16.1. The number of likely N-dealkylation sites (N-methyl/N-ethyl adjacent to an activating group) is 1. The highest BCUT2D eigenvalue weighted by Gasteiger charge is 2.22. The molecule has 0 aromatic heterocycles. The quantitative estimate of drug-likeness (QED) is 0.126. The van der Waals surface area contributed by atoms with Gasteiger partial charge in [0.05, 0.1) is 12.0 Å². The van der Waals surface area contributed by atoms with Crippen molar-refractivity contribution in [2.45, 2.75) is 97.9 Å². The van der Waals surface area contributed by atoms with E-state index < -0.39 is 5.92 Å². The minimum atomic E-state index is -0.497. The second-order valence-corrected chi connectivity index (χ2v) is 9.51. The number of hydrogen-bond donors (Lipinski definition) is 0. The van der Waals surface area contributed by atoms with Crippen molar-refractivity contribution in [1.82, 2.24) is 14.7 Å². The van der Waals surface area contributed by atoms with E-state index in [1.807, 2.05) is 19.0 Å². The van der Waals surface area contributed by atoms with Gasteiger partial charge in [0, 0.05) is 12.8 Å². The zero-order chi connectivity index (χ0) is 25.1. The van der Waals surface area contributed by atoms with E-state index in [1.165, 1.54) is 0 Å². The highest BCUT2D eigenvalue weighted by molar-refractivity contribution is 5.93. The topological polar surface area (TPSA) is 60.9 Å². The molecule has 194 valence electrons. The Hall–Kier alpha value is -1.11. The smallest absolute Gasteiger partial charge is 0.149 e. The number of nitrogens with zero attached hydrogens (tertiary/aromatic N) is 3. The van der Waals surface area contributed by atoms with Crippen LogP contribution in [0.25, 0.3) is 0 Å². The number of Topliss-reactive ketones (excluding diaryl/α,β-unsaturated/α-hetero) is 2. The van der Waals surface area contributed by atoms with Crippen LogP contribution in [0.5, 0.6) is 0 Å². The molecule has 0 amide bonds. The van der Waals surface area contributed by atoms with Crippen molar-refractivity contribution in [2.24, 2.45) is 5.92 Å². The van der Waals surface area contributed by atoms with E-state index in [9.17, 15) is 14.4 Å². The first-order valence-electron chi connectivity index (χ1n) is 13.5. The lowest BCUT2D eigenvalue weighted by Crippen LogP contribution is -2.36. The minimum absolute atomic E-state index is 0.0340. The summed E-state index contributed by atoms with van der Waals surface area (Å²) in [6, 6.07) is -0.141. The van der Waals surface area contributed by atoms with Gasteiger partial charge < -0.3 is 14.6 Å². The summed E-state index contributed by atoms with van der Waals surface area (Å²) in [6.07, 6.45) is 8.87. The zero-order valence-electron chi connectivity index (χ0n) is 22.6. The summed E-state index contributed by atoms with van der Waals surface area (Å²) in [7, 11) is 3.87. The van der Waals surface area contributed by atoms with Crippen LogP contribution < -0.4 is 0 Å². The van der Waals surface area contributed by atoms with E-state index in [0.29, 0.717) is 32.1 Å². The Morgan fingerprint density at radius 3 is 1.79 bits per heavy atom. The zero-order valence-corrected chi connectivity index (χ0v) is 22.6. The first kappa shape index (κ1) is 31.9. The largest absolute Gasteiger partial charge is 0.304 e. The van der Waals surface area contributed by atoms with Crippen molar-refractivity contribution >= 4 is 17.9 Å². The summed E-state index contributed by atoms with van der Waals surface area (Å²) in [6.45, 7) is 14.9. The third kappa shape index (κ3) is 14.7. The average Bonchev–Trinajstić information content (AvgIpc) is 2.79. The molecule has 0 heterocycles. The summed E-state index contributed by atoms with van der Waals surface area (Å²) in [5.41, 5.74) is 0. The first-order chi connectivity index (χ1) is 15.8. The molecule has 0 bridgehead atoms. The van der Waals surface area contributed by atoms with Crippen molar-refractivity contribution in [1.29, 1.82) is 0 Å². The fraction of sp³-hybridized carbons (Fsp3) is 0.889. The Morgan fingerprint density at radius 1 is 0.697 bits per heavy atom. The fourth-order valence-electron chi connectivity index (χ4n) is 4.51. The second kappa shape index (κ2) is 20.3. The summed E-state index contributed by atoms with van der Waals surface area (Å²) < 4.78 is 0. The van der Waals surface area contributed by atoms with Gasteiger partial charge in [-0.2, -0.15) is 0 Å². The number of rotatable bonds is 23. The van der Waals surface area contributed by atoms with E-state index in [2.05, 4.69) is 37.5 Å². The van der Waals surface area contributed by atoms with Gasteiger partial charge in [0.2, 0.25) is 0 Å². The minimum Gasteiger partial charge on any atom is -0.304 e. The van der Waals surface area contributed by atoms with Crippen molar-refractivity contribution in [3.05, 3.63) is 0 Å². The van der Waals surface area contributed by atoms with Gasteiger partial charge in [0.15, 0.2) is 0 Å². The molecule has 0 fully saturated rings. The summed E-state index contributed by atoms with van der Waals surface area (Å²) in [5, 5.41) is 0.